The number of hydrogen-bond acceptors (Lipinski definition) is 5. The summed E-state index contributed by atoms with van der Waals surface area (Å²) >= 11 is 0. The third-order valence-electron chi connectivity index (χ3n) is 8.55. The maximum atomic E-state index is 13.3. The molecule has 2 N–H and O–H groups in total. The van der Waals surface area contributed by atoms with Gasteiger partial charge in [0.25, 0.3) is 5.91 Å². The standard InChI is InChI=1S/C29H41N3O3/c1-32-27(35)29(31-28(32)30,16-15-21-9-4-2-5-10-21)20-23-12-8-11-22(17-23)18-25(33)19-26(34)24-13-6-3-7-14-24/h3,6-7,13-14,21-23H,2,4-5,8-12,15-20H2,1H3,(H2,30,31)/t22?,23-,29+/m0/s1. The normalized spacial score (nSPS) is 27.6. The van der Waals surface area contributed by atoms with Crippen molar-refractivity contribution in [3.63, 3.8) is 0 Å². The second-order valence-electron chi connectivity index (χ2n) is 11.2. The van der Waals surface area contributed by atoms with Crippen molar-refractivity contribution in [3.05, 3.63) is 35.9 Å². The van der Waals surface area contributed by atoms with Crippen LogP contribution in [-0.2, 0) is 9.59 Å². The summed E-state index contributed by atoms with van der Waals surface area (Å²) in [7, 11) is 1.73. The number of rotatable bonds is 10. The number of amides is 1. The van der Waals surface area contributed by atoms with E-state index in [9.17, 15) is 14.4 Å². The minimum atomic E-state index is -0.740. The predicted molar refractivity (Wildman–Crippen MR) is 138 cm³/mol. The first-order chi connectivity index (χ1) is 16.9. The molecule has 0 bridgehead atoms. The number of carbonyl (C=O) groups is 3. The van der Waals surface area contributed by atoms with Crippen LogP contribution in [0.25, 0.3) is 0 Å². The van der Waals surface area contributed by atoms with Crippen molar-refractivity contribution in [2.45, 2.75) is 95.4 Å². The third kappa shape index (κ3) is 6.39. The van der Waals surface area contributed by atoms with Crippen LogP contribution in [0, 0.1) is 17.8 Å². The molecule has 1 unspecified atom stereocenters. The number of benzene rings is 1. The maximum Gasteiger partial charge on any atom is 0.257 e. The molecule has 2 fully saturated rings. The van der Waals surface area contributed by atoms with E-state index in [1.807, 2.05) is 18.2 Å². The molecule has 0 aromatic heterocycles. The van der Waals surface area contributed by atoms with Crippen LogP contribution in [0.2, 0.25) is 0 Å². The first kappa shape index (κ1) is 25.6. The van der Waals surface area contributed by atoms with Gasteiger partial charge in [0.05, 0.1) is 6.42 Å². The SMILES string of the molecule is CN1C(=O)[C@@](CCC2CCCCC2)(C[C@H]2CCCC(CC(=O)CC(=O)c3ccccc3)C2)N=C1N. The van der Waals surface area contributed by atoms with Crippen LogP contribution in [-0.4, -0.2) is 40.9 Å². The van der Waals surface area contributed by atoms with E-state index in [2.05, 4.69) is 0 Å². The Morgan fingerprint density at radius 1 is 1.00 bits per heavy atom. The lowest BCUT2D eigenvalue weighted by Crippen LogP contribution is -2.44. The Morgan fingerprint density at radius 2 is 1.69 bits per heavy atom. The van der Waals surface area contributed by atoms with E-state index in [0.29, 0.717) is 29.8 Å². The Kier molecular flexibility index (Phi) is 8.40. The zero-order valence-electron chi connectivity index (χ0n) is 21.2. The molecule has 3 aliphatic rings. The molecule has 2 aliphatic carbocycles. The van der Waals surface area contributed by atoms with E-state index >= 15 is 0 Å². The van der Waals surface area contributed by atoms with Gasteiger partial charge in [0.15, 0.2) is 11.7 Å². The van der Waals surface area contributed by atoms with Gasteiger partial charge in [0, 0.05) is 19.0 Å². The van der Waals surface area contributed by atoms with E-state index in [4.69, 9.17) is 10.7 Å². The monoisotopic (exact) mass is 479 g/mol. The van der Waals surface area contributed by atoms with Crippen molar-refractivity contribution in [3.8, 4) is 0 Å². The van der Waals surface area contributed by atoms with Gasteiger partial charge in [-0.15, -0.1) is 0 Å². The molecule has 1 aliphatic heterocycles. The van der Waals surface area contributed by atoms with Crippen molar-refractivity contribution < 1.29 is 14.4 Å². The molecule has 1 amide bonds. The van der Waals surface area contributed by atoms with Gasteiger partial charge in [-0.3, -0.25) is 19.3 Å². The van der Waals surface area contributed by atoms with Gasteiger partial charge >= 0.3 is 0 Å². The molecule has 0 saturated heterocycles. The highest BCUT2D eigenvalue weighted by Crippen LogP contribution is 2.42. The topological polar surface area (TPSA) is 92.8 Å². The molecule has 0 radical (unpaired) electrons. The molecule has 2 saturated carbocycles. The van der Waals surface area contributed by atoms with Crippen LogP contribution in [0.5, 0.6) is 0 Å². The fourth-order valence-corrected chi connectivity index (χ4v) is 6.62. The maximum absolute atomic E-state index is 13.3. The predicted octanol–water partition coefficient (Wildman–Crippen LogP) is 5.30. The van der Waals surface area contributed by atoms with Crippen molar-refractivity contribution in [1.29, 1.82) is 0 Å². The van der Waals surface area contributed by atoms with Gasteiger partial charge in [0.2, 0.25) is 0 Å². The number of hydrogen-bond donors (Lipinski definition) is 1. The minimum Gasteiger partial charge on any atom is -0.369 e. The summed E-state index contributed by atoms with van der Waals surface area (Å²) < 4.78 is 0. The van der Waals surface area contributed by atoms with Crippen LogP contribution in [0.15, 0.2) is 35.3 Å². The molecule has 1 aromatic carbocycles. The van der Waals surface area contributed by atoms with E-state index in [1.54, 1.807) is 19.2 Å². The van der Waals surface area contributed by atoms with Crippen molar-refractivity contribution in [2.24, 2.45) is 28.5 Å². The lowest BCUT2D eigenvalue weighted by Gasteiger charge is -2.35. The van der Waals surface area contributed by atoms with Crippen LogP contribution in [0.1, 0.15) is 100 Å². The Balaban J connectivity index is 1.35. The molecular formula is C29H41N3O3. The first-order valence-electron chi connectivity index (χ1n) is 13.6. The van der Waals surface area contributed by atoms with Crippen molar-refractivity contribution in [2.75, 3.05) is 7.05 Å². The Hall–Kier alpha value is -2.50. The quantitative estimate of drug-likeness (QED) is 0.364. The van der Waals surface area contributed by atoms with Gasteiger partial charge < -0.3 is 5.73 Å². The summed E-state index contributed by atoms with van der Waals surface area (Å²) in [5.41, 5.74) is 5.98. The average Bonchev–Trinajstić information content (AvgIpc) is 3.07. The lowest BCUT2D eigenvalue weighted by atomic mass is 9.71. The second kappa shape index (κ2) is 11.5. The average molecular weight is 480 g/mol. The summed E-state index contributed by atoms with van der Waals surface area (Å²) in [5.74, 6) is 1.61. The zero-order chi connectivity index (χ0) is 24.8. The van der Waals surface area contributed by atoms with Gasteiger partial charge in [0.1, 0.15) is 11.3 Å². The lowest BCUT2D eigenvalue weighted by molar-refractivity contribution is -0.131. The van der Waals surface area contributed by atoms with E-state index in [1.165, 1.54) is 37.0 Å². The van der Waals surface area contributed by atoms with E-state index < -0.39 is 5.54 Å². The third-order valence-corrected chi connectivity index (χ3v) is 8.55. The molecule has 4 rings (SSSR count). The summed E-state index contributed by atoms with van der Waals surface area (Å²) in [6, 6.07) is 9.05. The van der Waals surface area contributed by atoms with Gasteiger partial charge in [-0.25, -0.2) is 4.99 Å². The Bertz CT molecular complexity index is 938. The van der Waals surface area contributed by atoms with Crippen LogP contribution in [0.4, 0.5) is 0 Å². The number of nitrogens with zero attached hydrogens (tertiary/aromatic N) is 2. The number of aliphatic imine (C=N–C) groups is 1. The van der Waals surface area contributed by atoms with E-state index in [0.717, 1.165) is 44.9 Å². The summed E-state index contributed by atoms with van der Waals surface area (Å²) in [4.78, 5) is 44.8. The number of Topliss-reactive ketones (excluding diaryl/α,β-unsaturated/α-hetero) is 2. The molecule has 0 spiro atoms. The second-order valence-corrected chi connectivity index (χ2v) is 11.2. The highest BCUT2D eigenvalue weighted by Gasteiger charge is 2.48. The first-order valence-corrected chi connectivity index (χ1v) is 13.6. The van der Waals surface area contributed by atoms with Gasteiger partial charge in [-0.05, 0) is 43.4 Å². The molecule has 1 heterocycles. The fourth-order valence-electron chi connectivity index (χ4n) is 6.62. The number of carbonyl (C=O) groups excluding carboxylic acids is 3. The van der Waals surface area contributed by atoms with Crippen LogP contribution >= 0.6 is 0 Å². The largest absolute Gasteiger partial charge is 0.369 e. The van der Waals surface area contributed by atoms with Crippen molar-refractivity contribution >= 4 is 23.4 Å². The van der Waals surface area contributed by atoms with E-state index in [-0.39, 0.29) is 29.8 Å². The van der Waals surface area contributed by atoms with Crippen molar-refractivity contribution in [1.82, 2.24) is 4.90 Å². The number of guanidine groups is 1. The molecule has 6 heteroatoms. The van der Waals surface area contributed by atoms with Gasteiger partial charge in [-0.2, -0.15) is 0 Å². The zero-order valence-corrected chi connectivity index (χ0v) is 21.2. The van der Waals surface area contributed by atoms with Gasteiger partial charge in [-0.1, -0.05) is 81.7 Å². The Labute approximate surface area is 209 Å². The number of ketones is 2. The highest BCUT2D eigenvalue weighted by atomic mass is 16.2. The molecule has 1 aromatic rings. The molecule has 3 atom stereocenters. The molecule has 35 heavy (non-hydrogen) atoms. The van der Waals surface area contributed by atoms with Crippen LogP contribution in [0.3, 0.4) is 0 Å². The molecular weight excluding hydrogens is 438 g/mol. The molecule has 6 nitrogen and oxygen atoms in total. The number of nitrogens with two attached hydrogens (primary N) is 1. The summed E-state index contributed by atoms with van der Waals surface area (Å²) in [5, 5.41) is 0. The Morgan fingerprint density at radius 3 is 2.37 bits per heavy atom. The minimum absolute atomic E-state index is 0.0236. The van der Waals surface area contributed by atoms with Crippen LogP contribution < -0.4 is 5.73 Å². The fraction of sp³-hybridized carbons (Fsp3) is 0.655. The molecule has 190 valence electrons. The smallest absolute Gasteiger partial charge is 0.257 e. The summed E-state index contributed by atoms with van der Waals surface area (Å²) in [6.45, 7) is 0. The summed E-state index contributed by atoms with van der Waals surface area (Å²) in [6.07, 6.45) is 13.4. The highest BCUT2D eigenvalue weighted by molar-refractivity contribution is 6.08. The number of likely N-dealkylation sites (N-methyl/N-ethyl adjacent to an activating group) is 1.